The van der Waals surface area contributed by atoms with Crippen molar-refractivity contribution in [3.63, 3.8) is 0 Å². The third kappa shape index (κ3) is 4.87. The fourth-order valence-electron chi connectivity index (χ4n) is 2.23. The molecule has 1 aromatic heterocycles. The topological polar surface area (TPSA) is 68.3 Å². The molecule has 0 bridgehead atoms. The highest BCUT2D eigenvalue weighted by Crippen LogP contribution is 2.31. The average Bonchev–Trinajstić information content (AvgIpc) is 2.64. The van der Waals surface area contributed by atoms with Crippen molar-refractivity contribution in [2.75, 3.05) is 11.9 Å². The number of nitrogens with one attached hydrogen (secondary N) is 1. The van der Waals surface area contributed by atoms with Gasteiger partial charge in [-0.1, -0.05) is 66.8 Å². The summed E-state index contributed by atoms with van der Waals surface area (Å²) in [7, 11) is 0. The molecule has 138 valence electrons. The maximum absolute atomic E-state index is 12.1. The predicted molar refractivity (Wildman–Crippen MR) is 103 cm³/mol. The van der Waals surface area contributed by atoms with Gasteiger partial charge in [0.1, 0.15) is 0 Å². The molecule has 1 heterocycles. The second-order valence-electron chi connectivity index (χ2n) is 5.60. The average molecular weight is 416 g/mol. The number of halogens is 3. The number of hydrogen-bond acceptors (Lipinski definition) is 4. The van der Waals surface area contributed by atoms with E-state index >= 15 is 0 Å². The minimum Gasteiger partial charge on any atom is -0.451 e. The Morgan fingerprint density at radius 3 is 2.58 bits per heavy atom. The molecule has 2 aromatic rings. The first-order valence-electron chi connectivity index (χ1n) is 7.90. The van der Waals surface area contributed by atoms with E-state index in [0.717, 1.165) is 12.0 Å². The van der Waals surface area contributed by atoms with Crippen LogP contribution in [0.4, 0.5) is 5.69 Å². The molecular formula is C18H17Cl3N2O3. The van der Waals surface area contributed by atoms with E-state index < -0.39 is 18.5 Å². The number of hydrogen-bond donors (Lipinski definition) is 1. The van der Waals surface area contributed by atoms with Gasteiger partial charge in [0, 0.05) is 11.9 Å². The highest BCUT2D eigenvalue weighted by Gasteiger charge is 2.20. The van der Waals surface area contributed by atoms with Crippen molar-refractivity contribution in [2.24, 2.45) is 0 Å². The van der Waals surface area contributed by atoms with Gasteiger partial charge in [-0.05, 0) is 24.0 Å². The number of pyridine rings is 1. The second-order valence-corrected chi connectivity index (χ2v) is 6.77. The van der Waals surface area contributed by atoms with Gasteiger partial charge in [0.05, 0.1) is 15.1 Å². The standard InChI is InChI=1S/C18H17Cl3N2O3/c1-3-10(2)11-6-4-5-7-13(11)23-14(24)9-26-18(25)17-16(21)15(20)12(19)8-22-17/h4-8,10H,3,9H2,1-2H3,(H,23,24)/t10-/m1/s1. The van der Waals surface area contributed by atoms with Gasteiger partial charge in [-0.15, -0.1) is 0 Å². The second kappa shape index (κ2) is 9.21. The number of amides is 1. The van der Waals surface area contributed by atoms with Crippen LogP contribution in [0.15, 0.2) is 30.5 Å². The third-order valence-corrected chi connectivity index (χ3v) is 5.06. The zero-order chi connectivity index (χ0) is 19.3. The van der Waals surface area contributed by atoms with E-state index in [2.05, 4.69) is 24.1 Å². The molecule has 1 aromatic carbocycles. The van der Waals surface area contributed by atoms with Crippen LogP contribution in [-0.4, -0.2) is 23.5 Å². The molecule has 0 radical (unpaired) electrons. The lowest BCUT2D eigenvalue weighted by Gasteiger charge is -2.15. The van der Waals surface area contributed by atoms with Crippen molar-refractivity contribution in [1.29, 1.82) is 0 Å². The normalized spacial score (nSPS) is 11.7. The highest BCUT2D eigenvalue weighted by molar-refractivity contribution is 6.48. The molecule has 0 aliphatic carbocycles. The van der Waals surface area contributed by atoms with Gasteiger partial charge >= 0.3 is 5.97 Å². The lowest BCUT2D eigenvalue weighted by Crippen LogP contribution is -2.22. The number of aromatic nitrogens is 1. The predicted octanol–water partition coefficient (Wildman–Crippen LogP) is 5.35. The Kier molecular flexibility index (Phi) is 7.26. The molecule has 0 aliphatic rings. The zero-order valence-corrected chi connectivity index (χ0v) is 16.5. The number of nitrogens with zero attached hydrogens (tertiary/aromatic N) is 1. The van der Waals surface area contributed by atoms with Crippen LogP contribution >= 0.6 is 34.8 Å². The number of carbonyl (C=O) groups is 2. The summed E-state index contributed by atoms with van der Waals surface area (Å²) in [6.07, 6.45) is 2.12. The number of ether oxygens (including phenoxy) is 1. The number of carbonyl (C=O) groups excluding carboxylic acids is 2. The molecule has 5 nitrogen and oxygen atoms in total. The Morgan fingerprint density at radius 2 is 1.88 bits per heavy atom. The summed E-state index contributed by atoms with van der Waals surface area (Å²) in [4.78, 5) is 28.0. The largest absolute Gasteiger partial charge is 0.451 e. The van der Waals surface area contributed by atoms with E-state index in [1.54, 1.807) is 6.07 Å². The summed E-state index contributed by atoms with van der Waals surface area (Å²) < 4.78 is 4.96. The molecule has 2 rings (SSSR count). The van der Waals surface area contributed by atoms with E-state index in [4.69, 9.17) is 39.5 Å². The summed E-state index contributed by atoms with van der Waals surface area (Å²) in [5.74, 6) is -1.04. The van der Waals surface area contributed by atoms with Crippen LogP contribution in [0.2, 0.25) is 15.1 Å². The van der Waals surface area contributed by atoms with Crippen molar-refractivity contribution in [3.05, 3.63) is 56.8 Å². The van der Waals surface area contributed by atoms with Gasteiger partial charge in [-0.25, -0.2) is 9.78 Å². The van der Waals surface area contributed by atoms with E-state index in [1.807, 2.05) is 18.2 Å². The third-order valence-electron chi connectivity index (χ3n) is 3.82. The van der Waals surface area contributed by atoms with Gasteiger partial charge in [0.2, 0.25) is 0 Å². The number of para-hydroxylation sites is 1. The van der Waals surface area contributed by atoms with Crippen LogP contribution in [-0.2, 0) is 9.53 Å². The molecule has 0 unspecified atom stereocenters. The quantitative estimate of drug-likeness (QED) is 0.646. The fourth-order valence-corrected chi connectivity index (χ4v) is 2.79. The zero-order valence-electron chi connectivity index (χ0n) is 14.2. The van der Waals surface area contributed by atoms with Crippen molar-refractivity contribution >= 4 is 52.4 Å². The Bertz CT molecular complexity index is 827. The summed E-state index contributed by atoms with van der Waals surface area (Å²) in [5, 5.41) is 2.75. The Labute approximate surface area is 166 Å². The molecule has 0 aliphatic heterocycles. The van der Waals surface area contributed by atoms with E-state index in [9.17, 15) is 9.59 Å². The maximum Gasteiger partial charge on any atom is 0.359 e. The Morgan fingerprint density at radius 1 is 1.19 bits per heavy atom. The number of esters is 1. The molecule has 0 spiro atoms. The highest BCUT2D eigenvalue weighted by atomic mass is 35.5. The number of rotatable bonds is 6. The van der Waals surface area contributed by atoms with Crippen LogP contribution in [0.3, 0.4) is 0 Å². The summed E-state index contributed by atoms with van der Waals surface area (Å²) in [5.41, 5.74) is 1.51. The van der Waals surface area contributed by atoms with Gasteiger partial charge < -0.3 is 10.1 Å². The van der Waals surface area contributed by atoms with Gasteiger partial charge in [-0.3, -0.25) is 4.79 Å². The van der Waals surface area contributed by atoms with Gasteiger partial charge in [0.15, 0.2) is 12.3 Å². The monoisotopic (exact) mass is 414 g/mol. The molecule has 1 atom stereocenters. The molecule has 26 heavy (non-hydrogen) atoms. The van der Waals surface area contributed by atoms with Crippen LogP contribution in [0.25, 0.3) is 0 Å². The summed E-state index contributed by atoms with van der Waals surface area (Å²) >= 11 is 17.6. The minimum absolute atomic E-state index is 0.00205. The van der Waals surface area contributed by atoms with E-state index in [-0.39, 0.29) is 26.7 Å². The summed E-state index contributed by atoms with van der Waals surface area (Å²) in [6.45, 7) is 3.66. The van der Waals surface area contributed by atoms with Crippen LogP contribution < -0.4 is 5.32 Å². The van der Waals surface area contributed by atoms with Crippen molar-refractivity contribution < 1.29 is 14.3 Å². The molecule has 1 amide bonds. The SMILES string of the molecule is CC[C@@H](C)c1ccccc1NC(=O)COC(=O)c1ncc(Cl)c(Cl)c1Cl. The Hall–Kier alpha value is -1.82. The first-order valence-corrected chi connectivity index (χ1v) is 9.03. The Balaban J connectivity index is 2.02. The van der Waals surface area contributed by atoms with Crippen molar-refractivity contribution in [3.8, 4) is 0 Å². The van der Waals surface area contributed by atoms with E-state index in [1.165, 1.54) is 6.20 Å². The first-order chi connectivity index (χ1) is 12.3. The van der Waals surface area contributed by atoms with E-state index in [0.29, 0.717) is 5.69 Å². The van der Waals surface area contributed by atoms with Gasteiger partial charge in [0.25, 0.3) is 5.91 Å². The first kappa shape index (κ1) is 20.5. The minimum atomic E-state index is -0.862. The molecule has 1 N–H and O–H groups in total. The fraction of sp³-hybridized carbons (Fsp3) is 0.278. The molecular weight excluding hydrogens is 399 g/mol. The lowest BCUT2D eigenvalue weighted by molar-refractivity contribution is -0.119. The van der Waals surface area contributed by atoms with Crippen molar-refractivity contribution in [1.82, 2.24) is 4.98 Å². The van der Waals surface area contributed by atoms with Crippen LogP contribution in [0.5, 0.6) is 0 Å². The maximum atomic E-state index is 12.1. The number of anilines is 1. The smallest absolute Gasteiger partial charge is 0.359 e. The lowest BCUT2D eigenvalue weighted by atomic mass is 9.97. The molecule has 0 saturated heterocycles. The number of benzene rings is 1. The molecule has 8 heteroatoms. The van der Waals surface area contributed by atoms with Crippen LogP contribution in [0, 0.1) is 0 Å². The summed E-state index contributed by atoms with van der Waals surface area (Å²) in [6, 6.07) is 7.50. The van der Waals surface area contributed by atoms with Crippen molar-refractivity contribution in [2.45, 2.75) is 26.2 Å². The van der Waals surface area contributed by atoms with Crippen LogP contribution in [0.1, 0.15) is 42.2 Å². The van der Waals surface area contributed by atoms with Gasteiger partial charge in [-0.2, -0.15) is 0 Å². The molecule has 0 fully saturated rings. The molecule has 0 saturated carbocycles.